The van der Waals surface area contributed by atoms with Gasteiger partial charge in [0, 0.05) is 19.3 Å². The van der Waals surface area contributed by atoms with Crippen molar-refractivity contribution in [2.45, 2.75) is 297 Å². The first-order chi connectivity index (χ1) is 40.0. The highest BCUT2D eigenvalue weighted by atomic mass is 16.6. The summed E-state index contributed by atoms with van der Waals surface area (Å²) in [5, 5.41) is 0. The Bertz CT molecular complexity index is 1760. The fourth-order valence-electron chi connectivity index (χ4n) is 8.96. The van der Waals surface area contributed by atoms with Gasteiger partial charge < -0.3 is 14.2 Å². The van der Waals surface area contributed by atoms with Crippen LogP contribution in [-0.4, -0.2) is 37.2 Å². The van der Waals surface area contributed by atoms with E-state index in [0.717, 1.165) is 128 Å². The zero-order valence-corrected chi connectivity index (χ0v) is 52.5. The van der Waals surface area contributed by atoms with Gasteiger partial charge in [0.25, 0.3) is 0 Å². The molecule has 0 spiro atoms. The highest BCUT2D eigenvalue weighted by molar-refractivity contribution is 5.71. The van der Waals surface area contributed by atoms with Crippen molar-refractivity contribution < 1.29 is 28.6 Å². The highest BCUT2D eigenvalue weighted by Gasteiger charge is 2.19. The summed E-state index contributed by atoms with van der Waals surface area (Å²) in [5.74, 6) is -0.973. The molecule has 0 amide bonds. The number of hydrogen-bond donors (Lipinski definition) is 0. The molecule has 0 aliphatic rings. The number of ether oxygens (including phenoxy) is 3. The van der Waals surface area contributed by atoms with E-state index in [9.17, 15) is 14.4 Å². The zero-order valence-electron chi connectivity index (χ0n) is 52.5. The Morgan fingerprint density at radius 3 is 0.728 bits per heavy atom. The second kappa shape index (κ2) is 67.8. The molecule has 0 saturated heterocycles. The van der Waals surface area contributed by atoms with Crippen LogP contribution in [0.25, 0.3) is 0 Å². The van der Waals surface area contributed by atoms with Gasteiger partial charge in [-0.05, 0) is 128 Å². The average molecular weight is 1120 g/mol. The Morgan fingerprint density at radius 2 is 0.457 bits per heavy atom. The standard InChI is InChI=1S/C75H122O6/c1-4-7-10-13-16-19-22-25-28-31-32-33-34-35-36-37-38-39-40-41-42-45-47-50-53-56-59-62-65-68-74(77)80-71-72(81-75(78)69-66-63-60-57-54-51-48-44-30-27-24-21-18-15-12-9-6-3)70-79-73(76)67-64-61-58-55-52-49-46-43-29-26-23-20-17-14-11-8-5-2/h7-12,16-21,25-30,32-33,48,51,57,60,72H,4-6,13-15,22-24,31,34-47,49-50,52-56,58-59,61-71H2,1-3H3/b10-7-,11-8-,12-9-,19-16-,20-17-,21-18-,28-25-,29-26-,30-27-,33-32-,51-48-,60-57-. The van der Waals surface area contributed by atoms with Crippen LogP contribution in [0.2, 0.25) is 0 Å². The van der Waals surface area contributed by atoms with Gasteiger partial charge in [0.15, 0.2) is 6.10 Å². The van der Waals surface area contributed by atoms with Crippen molar-refractivity contribution in [1.82, 2.24) is 0 Å². The number of rotatable bonds is 59. The molecule has 0 aliphatic heterocycles. The molecule has 0 heterocycles. The van der Waals surface area contributed by atoms with Crippen molar-refractivity contribution in [3.05, 3.63) is 146 Å². The quantitative estimate of drug-likeness (QED) is 0.0261. The minimum Gasteiger partial charge on any atom is -0.462 e. The van der Waals surface area contributed by atoms with Gasteiger partial charge in [0.2, 0.25) is 0 Å². The first-order valence-electron chi connectivity index (χ1n) is 33.3. The molecule has 0 N–H and O–H groups in total. The summed E-state index contributed by atoms with van der Waals surface area (Å²) in [5.41, 5.74) is 0. The van der Waals surface area contributed by atoms with Gasteiger partial charge in [-0.3, -0.25) is 14.4 Å². The SMILES string of the molecule is CC/C=C\C/C=C\C/C=C\C/C=C\C/C=C\CCCC(=O)OC(COC(=O)CCCCCCCCC/C=C\C/C=C\C/C=C\CC)COC(=O)CCCCCCCCCCCCCCCCCC/C=C\C/C=C\C/C=C\C/C=C\CC. The van der Waals surface area contributed by atoms with Crippen LogP contribution in [0.4, 0.5) is 0 Å². The van der Waals surface area contributed by atoms with E-state index in [2.05, 4.69) is 167 Å². The minimum absolute atomic E-state index is 0.107. The minimum atomic E-state index is -0.818. The Balaban J connectivity index is 4.36. The monoisotopic (exact) mass is 1120 g/mol. The number of hydrogen-bond acceptors (Lipinski definition) is 6. The summed E-state index contributed by atoms with van der Waals surface area (Å²) in [6.07, 6.45) is 97.3. The largest absolute Gasteiger partial charge is 0.462 e. The molecule has 0 aromatic carbocycles. The maximum Gasteiger partial charge on any atom is 0.306 e. The fraction of sp³-hybridized carbons (Fsp3) is 0.640. The lowest BCUT2D eigenvalue weighted by molar-refractivity contribution is -0.167. The molecule has 0 fully saturated rings. The second-order valence-electron chi connectivity index (χ2n) is 21.6. The smallest absolute Gasteiger partial charge is 0.306 e. The molecule has 0 radical (unpaired) electrons. The van der Waals surface area contributed by atoms with Gasteiger partial charge in [-0.1, -0.05) is 289 Å². The van der Waals surface area contributed by atoms with Gasteiger partial charge in [0.1, 0.15) is 13.2 Å². The highest BCUT2D eigenvalue weighted by Crippen LogP contribution is 2.16. The number of unbranched alkanes of at least 4 members (excludes halogenated alkanes) is 24. The van der Waals surface area contributed by atoms with Gasteiger partial charge in [-0.2, -0.15) is 0 Å². The zero-order chi connectivity index (χ0) is 58.5. The molecule has 0 saturated carbocycles. The van der Waals surface area contributed by atoms with Crippen LogP contribution >= 0.6 is 0 Å². The van der Waals surface area contributed by atoms with Crippen LogP contribution < -0.4 is 0 Å². The summed E-state index contributed by atoms with van der Waals surface area (Å²) in [7, 11) is 0. The molecule has 0 rings (SSSR count). The Labute approximate surface area is 499 Å². The first kappa shape index (κ1) is 76.3. The fourth-order valence-corrected chi connectivity index (χ4v) is 8.96. The normalized spacial score (nSPS) is 13.1. The molecule has 81 heavy (non-hydrogen) atoms. The van der Waals surface area contributed by atoms with E-state index in [4.69, 9.17) is 14.2 Å². The Morgan fingerprint density at radius 1 is 0.247 bits per heavy atom. The third-order valence-electron chi connectivity index (χ3n) is 13.8. The molecular weight excluding hydrogens is 997 g/mol. The summed E-state index contributed by atoms with van der Waals surface area (Å²) in [6, 6.07) is 0. The lowest BCUT2D eigenvalue weighted by atomic mass is 10.0. The molecule has 6 nitrogen and oxygen atoms in total. The van der Waals surface area contributed by atoms with E-state index in [0.29, 0.717) is 19.3 Å². The van der Waals surface area contributed by atoms with Gasteiger partial charge in [0.05, 0.1) is 0 Å². The average Bonchev–Trinajstić information content (AvgIpc) is 3.47. The van der Waals surface area contributed by atoms with E-state index in [-0.39, 0.29) is 37.5 Å². The van der Waals surface area contributed by atoms with E-state index in [1.165, 1.54) is 116 Å². The molecule has 0 aromatic heterocycles. The molecule has 0 aromatic rings. The van der Waals surface area contributed by atoms with Crippen LogP contribution in [0.15, 0.2) is 146 Å². The van der Waals surface area contributed by atoms with Crippen molar-refractivity contribution in [3.8, 4) is 0 Å². The number of carbonyl (C=O) groups is 3. The summed E-state index contributed by atoms with van der Waals surface area (Å²) >= 11 is 0. The number of esters is 3. The Hall–Kier alpha value is -4.71. The number of carbonyl (C=O) groups excluding carboxylic acids is 3. The van der Waals surface area contributed by atoms with Crippen molar-refractivity contribution in [2.75, 3.05) is 13.2 Å². The summed E-state index contributed by atoms with van der Waals surface area (Å²) < 4.78 is 16.9. The van der Waals surface area contributed by atoms with Crippen LogP contribution in [-0.2, 0) is 28.6 Å². The summed E-state index contributed by atoms with van der Waals surface area (Å²) in [6.45, 7) is 6.26. The van der Waals surface area contributed by atoms with Crippen molar-refractivity contribution in [1.29, 1.82) is 0 Å². The van der Waals surface area contributed by atoms with Crippen LogP contribution in [0, 0.1) is 0 Å². The summed E-state index contributed by atoms with van der Waals surface area (Å²) in [4.78, 5) is 38.4. The maximum absolute atomic E-state index is 12.9. The first-order valence-corrected chi connectivity index (χ1v) is 33.3. The molecule has 6 heteroatoms. The second-order valence-corrected chi connectivity index (χ2v) is 21.6. The topological polar surface area (TPSA) is 78.9 Å². The van der Waals surface area contributed by atoms with Crippen LogP contribution in [0.5, 0.6) is 0 Å². The molecule has 0 aliphatic carbocycles. The van der Waals surface area contributed by atoms with E-state index < -0.39 is 6.10 Å². The van der Waals surface area contributed by atoms with E-state index >= 15 is 0 Å². The third kappa shape index (κ3) is 66.0. The predicted molar refractivity (Wildman–Crippen MR) is 352 cm³/mol. The lowest BCUT2D eigenvalue weighted by Gasteiger charge is -2.18. The molecular formula is C75H122O6. The Kier molecular flexibility index (Phi) is 63.9. The van der Waals surface area contributed by atoms with Gasteiger partial charge >= 0.3 is 17.9 Å². The molecule has 0 bridgehead atoms. The van der Waals surface area contributed by atoms with E-state index in [1.807, 2.05) is 0 Å². The van der Waals surface area contributed by atoms with Crippen molar-refractivity contribution in [3.63, 3.8) is 0 Å². The molecule has 1 atom stereocenters. The molecule has 1 unspecified atom stereocenters. The van der Waals surface area contributed by atoms with Gasteiger partial charge in [-0.25, -0.2) is 0 Å². The van der Waals surface area contributed by atoms with Crippen LogP contribution in [0.1, 0.15) is 290 Å². The van der Waals surface area contributed by atoms with Crippen molar-refractivity contribution >= 4 is 17.9 Å². The third-order valence-corrected chi connectivity index (χ3v) is 13.8. The van der Waals surface area contributed by atoms with Gasteiger partial charge in [-0.15, -0.1) is 0 Å². The maximum atomic E-state index is 12.9. The van der Waals surface area contributed by atoms with Crippen molar-refractivity contribution in [2.24, 2.45) is 0 Å². The molecule has 458 valence electrons. The van der Waals surface area contributed by atoms with Crippen LogP contribution in [0.3, 0.4) is 0 Å². The lowest BCUT2D eigenvalue weighted by Crippen LogP contribution is -2.30. The number of allylic oxidation sites excluding steroid dienone is 24. The van der Waals surface area contributed by atoms with E-state index in [1.54, 1.807) is 0 Å². The predicted octanol–water partition coefficient (Wildman–Crippen LogP) is 23.1.